The van der Waals surface area contributed by atoms with Crippen molar-refractivity contribution in [1.82, 2.24) is 10.2 Å². The van der Waals surface area contributed by atoms with Gasteiger partial charge in [-0.25, -0.2) is 0 Å². The lowest BCUT2D eigenvalue weighted by Gasteiger charge is -1.99. The van der Waals surface area contributed by atoms with E-state index < -0.39 is 0 Å². The zero-order valence-corrected chi connectivity index (χ0v) is 9.15. The van der Waals surface area contributed by atoms with Crippen LogP contribution in [0.2, 0.25) is 0 Å². The second kappa shape index (κ2) is 3.45. The van der Waals surface area contributed by atoms with Gasteiger partial charge < -0.3 is 4.42 Å². The molecule has 3 nitrogen and oxygen atoms in total. The minimum atomic E-state index is 0.569. The minimum absolute atomic E-state index is 0.569. The van der Waals surface area contributed by atoms with E-state index in [2.05, 4.69) is 39.7 Å². The average Bonchev–Trinajstić information content (AvgIpc) is 2.62. The number of rotatable bonds is 1. The third kappa shape index (κ3) is 1.72. The molecule has 66 valence electrons. The summed E-state index contributed by atoms with van der Waals surface area (Å²) in [5, 5.41) is 7.47. The molecule has 0 unspecified atom stereocenters. The van der Waals surface area contributed by atoms with Gasteiger partial charge in [0.15, 0.2) is 0 Å². The van der Waals surface area contributed by atoms with Gasteiger partial charge in [-0.1, -0.05) is 0 Å². The number of nitrogens with zero attached hydrogens (tertiary/aromatic N) is 2. The molecule has 1 aromatic carbocycles. The molecule has 4 heteroatoms. The summed E-state index contributed by atoms with van der Waals surface area (Å²) < 4.78 is 6.33. The summed E-state index contributed by atoms with van der Waals surface area (Å²) in [6.07, 6.45) is 1.34. The van der Waals surface area contributed by atoms with E-state index in [-0.39, 0.29) is 0 Å². The Morgan fingerprint density at radius 3 is 2.85 bits per heavy atom. The van der Waals surface area contributed by atoms with Crippen LogP contribution in [-0.4, -0.2) is 10.2 Å². The predicted molar refractivity (Wildman–Crippen MR) is 57.2 cm³/mol. The Bertz CT molecular complexity index is 412. The molecule has 2 aromatic rings. The number of benzene rings is 1. The summed E-state index contributed by atoms with van der Waals surface area (Å²) in [6, 6.07) is 6.05. The van der Waals surface area contributed by atoms with Crippen molar-refractivity contribution in [2.24, 2.45) is 0 Å². The normalized spacial score (nSPS) is 10.3. The minimum Gasteiger partial charge on any atom is -0.423 e. The summed E-state index contributed by atoms with van der Waals surface area (Å²) in [5.41, 5.74) is 2.19. The first-order valence-corrected chi connectivity index (χ1v) is 4.88. The van der Waals surface area contributed by atoms with E-state index in [4.69, 9.17) is 4.42 Å². The van der Waals surface area contributed by atoms with Crippen LogP contribution < -0.4 is 0 Å². The lowest BCUT2D eigenvalue weighted by Crippen LogP contribution is -1.83. The van der Waals surface area contributed by atoms with Crippen LogP contribution in [0.3, 0.4) is 0 Å². The van der Waals surface area contributed by atoms with Crippen molar-refractivity contribution in [3.8, 4) is 11.5 Å². The van der Waals surface area contributed by atoms with Gasteiger partial charge in [0.25, 0.3) is 0 Å². The molecule has 0 saturated carbocycles. The van der Waals surface area contributed by atoms with Crippen LogP contribution in [0.15, 0.2) is 29.0 Å². The monoisotopic (exact) mass is 286 g/mol. The van der Waals surface area contributed by atoms with Gasteiger partial charge in [0.2, 0.25) is 12.3 Å². The van der Waals surface area contributed by atoms with Crippen molar-refractivity contribution in [3.05, 3.63) is 33.7 Å². The van der Waals surface area contributed by atoms with Crippen LogP contribution in [0, 0.1) is 10.5 Å². The highest BCUT2D eigenvalue weighted by molar-refractivity contribution is 14.1. The van der Waals surface area contributed by atoms with Crippen LogP contribution in [0.5, 0.6) is 0 Å². The third-order valence-corrected chi connectivity index (χ3v) is 2.98. The van der Waals surface area contributed by atoms with E-state index in [1.54, 1.807) is 0 Å². The quantitative estimate of drug-likeness (QED) is 0.756. The Balaban J connectivity index is 2.49. The molecule has 0 spiro atoms. The highest BCUT2D eigenvalue weighted by atomic mass is 127. The zero-order chi connectivity index (χ0) is 9.26. The largest absolute Gasteiger partial charge is 0.423 e. The van der Waals surface area contributed by atoms with Crippen molar-refractivity contribution >= 4 is 22.6 Å². The number of hydrogen-bond acceptors (Lipinski definition) is 3. The Morgan fingerprint density at radius 1 is 1.38 bits per heavy atom. The van der Waals surface area contributed by atoms with E-state index in [1.165, 1.54) is 15.5 Å². The highest BCUT2D eigenvalue weighted by Crippen LogP contribution is 2.20. The van der Waals surface area contributed by atoms with Crippen LogP contribution in [0.1, 0.15) is 5.56 Å². The van der Waals surface area contributed by atoms with Gasteiger partial charge >= 0.3 is 0 Å². The molecule has 0 bridgehead atoms. The van der Waals surface area contributed by atoms with Gasteiger partial charge in [0, 0.05) is 9.13 Å². The van der Waals surface area contributed by atoms with Gasteiger partial charge in [-0.3, -0.25) is 0 Å². The number of hydrogen-bond donors (Lipinski definition) is 0. The summed E-state index contributed by atoms with van der Waals surface area (Å²) in [5.74, 6) is 0.569. The molecule has 0 saturated heterocycles. The molecule has 0 amide bonds. The highest BCUT2D eigenvalue weighted by Gasteiger charge is 2.04. The van der Waals surface area contributed by atoms with Crippen LogP contribution in [-0.2, 0) is 0 Å². The van der Waals surface area contributed by atoms with Crippen LogP contribution in [0.25, 0.3) is 11.5 Å². The molecule has 0 fully saturated rings. The van der Waals surface area contributed by atoms with Gasteiger partial charge in [0.05, 0.1) is 0 Å². The molecular weight excluding hydrogens is 279 g/mol. The standard InChI is InChI=1S/C9H7IN2O/c1-6-4-7(2-3-8(6)10)9-12-11-5-13-9/h2-5H,1H3. The molecule has 0 radical (unpaired) electrons. The maximum absolute atomic E-state index is 5.09. The van der Waals surface area contributed by atoms with E-state index in [1.807, 2.05) is 18.2 Å². The maximum Gasteiger partial charge on any atom is 0.247 e. The smallest absolute Gasteiger partial charge is 0.247 e. The van der Waals surface area contributed by atoms with E-state index in [0.717, 1.165) is 5.56 Å². The topological polar surface area (TPSA) is 38.9 Å². The molecule has 0 atom stereocenters. The molecule has 1 aromatic heterocycles. The van der Waals surface area contributed by atoms with Crippen molar-refractivity contribution in [1.29, 1.82) is 0 Å². The predicted octanol–water partition coefficient (Wildman–Crippen LogP) is 2.65. The Morgan fingerprint density at radius 2 is 2.23 bits per heavy atom. The first kappa shape index (κ1) is 8.68. The van der Waals surface area contributed by atoms with E-state index in [9.17, 15) is 0 Å². The third-order valence-electron chi connectivity index (χ3n) is 1.76. The fourth-order valence-corrected chi connectivity index (χ4v) is 1.41. The lowest BCUT2D eigenvalue weighted by atomic mass is 10.1. The van der Waals surface area contributed by atoms with Crippen LogP contribution in [0.4, 0.5) is 0 Å². The second-order valence-corrected chi connectivity index (χ2v) is 3.87. The maximum atomic E-state index is 5.09. The van der Waals surface area contributed by atoms with Gasteiger partial charge in [-0.2, -0.15) is 0 Å². The molecule has 13 heavy (non-hydrogen) atoms. The average molecular weight is 286 g/mol. The Labute approximate surface area is 89.3 Å². The Hall–Kier alpha value is -0.910. The van der Waals surface area contributed by atoms with E-state index in [0.29, 0.717) is 5.89 Å². The van der Waals surface area contributed by atoms with E-state index >= 15 is 0 Å². The molecule has 0 aliphatic carbocycles. The molecule has 1 heterocycles. The first-order valence-electron chi connectivity index (χ1n) is 3.80. The van der Waals surface area contributed by atoms with Crippen molar-refractivity contribution in [2.75, 3.05) is 0 Å². The Kier molecular flexibility index (Phi) is 2.30. The number of aromatic nitrogens is 2. The first-order chi connectivity index (χ1) is 6.27. The summed E-state index contributed by atoms with van der Waals surface area (Å²) in [4.78, 5) is 0. The molecular formula is C9H7IN2O. The van der Waals surface area contributed by atoms with Gasteiger partial charge in [-0.15, -0.1) is 10.2 Å². The number of halogens is 1. The molecule has 0 aliphatic rings. The molecule has 2 rings (SSSR count). The SMILES string of the molecule is Cc1cc(-c2nnco2)ccc1I. The van der Waals surface area contributed by atoms with Crippen molar-refractivity contribution in [2.45, 2.75) is 6.92 Å². The van der Waals surface area contributed by atoms with Crippen molar-refractivity contribution in [3.63, 3.8) is 0 Å². The number of aryl methyl sites for hydroxylation is 1. The fraction of sp³-hybridized carbons (Fsp3) is 0.111. The molecule has 0 aliphatic heterocycles. The second-order valence-electron chi connectivity index (χ2n) is 2.71. The van der Waals surface area contributed by atoms with Gasteiger partial charge in [-0.05, 0) is 53.3 Å². The summed E-state index contributed by atoms with van der Waals surface area (Å²) >= 11 is 2.29. The molecule has 0 N–H and O–H groups in total. The zero-order valence-electron chi connectivity index (χ0n) is 6.99. The van der Waals surface area contributed by atoms with Gasteiger partial charge in [0.1, 0.15) is 0 Å². The van der Waals surface area contributed by atoms with Crippen LogP contribution >= 0.6 is 22.6 Å². The summed E-state index contributed by atoms with van der Waals surface area (Å²) in [6.45, 7) is 2.06. The lowest BCUT2D eigenvalue weighted by molar-refractivity contribution is 0.568. The van der Waals surface area contributed by atoms with Crippen molar-refractivity contribution < 1.29 is 4.42 Å². The fourth-order valence-electron chi connectivity index (χ4n) is 1.08. The summed E-state index contributed by atoms with van der Waals surface area (Å²) in [7, 11) is 0.